The highest BCUT2D eigenvalue weighted by molar-refractivity contribution is 9.10. The SMILES string of the molecule is NCC1(C(=O)Nc2ccc(Cl)c(Br)c2)CC1. The highest BCUT2D eigenvalue weighted by atomic mass is 79.9. The molecule has 0 bridgehead atoms. The Hall–Kier alpha value is -0.580. The average molecular weight is 304 g/mol. The van der Waals surface area contributed by atoms with Gasteiger partial charge in [0.2, 0.25) is 5.91 Å². The van der Waals surface area contributed by atoms with Crippen LogP contribution in [0.1, 0.15) is 12.8 Å². The first-order chi connectivity index (χ1) is 7.57. The van der Waals surface area contributed by atoms with Crippen LogP contribution in [0.4, 0.5) is 5.69 Å². The molecule has 3 nitrogen and oxygen atoms in total. The summed E-state index contributed by atoms with van der Waals surface area (Å²) < 4.78 is 0.768. The molecule has 3 N–H and O–H groups in total. The van der Waals surface area contributed by atoms with Gasteiger partial charge in [0.25, 0.3) is 0 Å². The second-order valence-corrected chi connectivity index (χ2v) is 5.33. The normalized spacial score (nSPS) is 16.9. The molecular weight excluding hydrogens is 291 g/mol. The highest BCUT2D eigenvalue weighted by Crippen LogP contribution is 2.45. The van der Waals surface area contributed by atoms with Gasteiger partial charge < -0.3 is 11.1 Å². The van der Waals surface area contributed by atoms with Crippen molar-refractivity contribution in [2.45, 2.75) is 12.8 Å². The summed E-state index contributed by atoms with van der Waals surface area (Å²) in [5, 5.41) is 3.48. The molecule has 1 aliphatic rings. The summed E-state index contributed by atoms with van der Waals surface area (Å²) in [5.41, 5.74) is 6.00. The Kier molecular flexibility index (Phi) is 3.24. The lowest BCUT2D eigenvalue weighted by atomic mass is 10.1. The van der Waals surface area contributed by atoms with Crippen LogP contribution in [0.3, 0.4) is 0 Å². The number of nitrogens with two attached hydrogens (primary N) is 1. The molecule has 86 valence electrons. The van der Waals surface area contributed by atoms with Crippen LogP contribution in [0.2, 0.25) is 5.02 Å². The van der Waals surface area contributed by atoms with Crippen molar-refractivity contribution >= 4 is 39.1 Å². The maximum atomic E-state index is 11.9. The van der Waals surface area contributed by atoms with E-state index >= 15 is 0 Å². The minimum atomic E-state index is -0.327. The first-order valence-corrected chi connectivity index (χ1v) is 6.21. The fraction of sp³-hybridized carbons (Fsp3) is 0.364. The Morgan fingerprint density at radius 3 is 2.75 bits per heavy atom. The van der Waals surface area contributed by atoms with Gasteiger partial charge in [-0.05, 0) is 47.0 Å². The van der Waals surface area contributed by atoms with Crippen LogP contribution in [0.25, 0.3) is 0 Å². The van der Waals surface area contributed by atoms with Crippen LogP contribution in [0.15, 0.2) is 22.7 Å². The number of carbonyl (C=O) groups excluding carboxylic acids is 1. The summed E-state index contributed by atoms with van der Waals surface area (Å²) >= 11 is 9.18. The smallest absolute Gasteiger partial charge is 0.231 e. The Balaban J connectivity index is 2.09. The number of nitrogens with one attached hydrogen (secondary N) is 1. The molecule has 1 aromatic carbocycles. The summed E-state index contributed by atoms with van der Waals surface area (Å²) in [6.45, 7) is 0.410. The number of carbonyl (C=O) groups is 1. The molecule has 0 aromatic heterocycles. The van der Waals surface area contributed by atoms with E-state index in [1.54, 1.807) is 18.2 Å². The van der Waals surface area contributed by atoms with Crippen molar-refractivity contribution in [1.29, 1.82) is 0 Å². The third-order valence-corrected chi connectivity index (χ3v) is 4.12. The van der Waals surface area contributed by atoms with Crippen LogP contribution in [0, 0.1) is 5.41 Å². The van der Waals surface area contributed by atoms with Gasteiger partial charge in [-0.3, -0.25) is 4.79 Å². The number of hydrogen-bond acceptors (Lipinski definition) is 2. The second kappa shape index (κ2) is 4.35. The van der Waals surface area contributed by atoms with Crippen molar-refractivity contribution in [3.05, 3.63) is 27.7 Å². The van der Waals surface area contributed by atoms with E-state index in [-0.39, 0.29) is 11.3 Å². The lowest BCUT2D eigenvalue weighted by molar-refractivity contribution is -0.120. The molecule has 0 heterocycles. The number of anilines is 1. The molecule has 1 aromatic rings. The molecule has 0 atom stereocenters. The van der Waals surface area contributed by atoms with Crippen LogP contribution in [-0.2, 0) is 4.79 Å². The minimum absolute atomic E-state index is 0.00391. The first kappa shape index (κ1) is 11.9. The lowest BCUT2D eigenvalue weighted by Crippen LogP contribution is -2.30. The second-order valence-electron chi connectivity index (χ2n) is 4.07. The predicted octanol–water partition coefficient (Wildman–Crippen LogP) is 2.78. The summed E-state index contributed by atoms with van der Waals surface area (Å²) in [6, 6.07) is 5.30. The third kappa shape index (κ3) is 2.24. The molecule has 0 radical (unpaired) electrons. The topological polar surface area (TPSA) is 55.1 Å². The standard InChI is InChI=1S/C11H12BrClN2O/c12-8-5-7(1-2-9(8)13)15-10(16)11(6-14)3-4-11/h1-2,5H,3-4,6,14H2,(H,15,16). The zero-order chi connectivity index (χ0) is 11.8. The molecule has 1 amide bonds. The monoisotopic (exact) mass is 302 g/mol. The van der Waals surface area contributed by atoms with Crippen molar-refractivity contribution in [3.63, 3.8) is 0 Å². The van der Waals surface area contributed by atoms with Crippen molar-refractivity contribution in [1.82, 2.24) is 0 Å². The fourth-order valence-corrected chi connectivity index (χ4v) is 2.01. The molecule has 0 saturated heterocycles. The van der Waals surface area contributed by atoms with Crippen molar-refractivity contribution in [2.24, 2.45) is 11.1 Å². The summed E-state index contributed by atoms with van der Waals surface area (Å²) in [6.07, 6.45) is 1.76. The lowest BCUT2D eigenvalue weighted by Gasteiger charge is -2.13. The number of halogens is 2. The van der Waals surface area contributed by atoms with Gasteiger partial charge in [0, 0.05) is 16.7 Å². The van der Waals surface area contributed by atoms with Gasteiger partial charge in [-0.15, -0.1) is 0 Å². The van der Waals surface area contributed by atoms with Gasteiger partial charge in [-0.2, -0.15) is 0 Å². The maximum Gasteiger partial charge on any atom is 0.231 e. The molecule has 1 aliphatic carbocycles. The number of hydrogen-bond donors (Lipinski definition) is 2. The van der Waals surface area contributed by atoms with E-state index in [1.807, 2.05) is 0 Å². The predicted molar refractivity (Wildman–Crippen MR) is 68.5 cm³/mol. The van der Waals surface area contributed by atoms with Gasteiger partial charge in [0.05, 0.1) is 10.4 Å². The zero-order valence-electron chi connectivity index (χ0n) is 8.59. The van der Waals surface area contributed by atoms with E-state index in [2.05, 4.69) is 21.2 Å². The van der Waals surface area contributed by atoms with E-state index in [4.69, 9.17) is 17.3 Å². The Bertz CT molecular complexity index is 432. The molecule has 0 unspecified atom stereocenters. The molecule has 0 spiro atoms. The summed E-state index contributed by atoms with van der Waals surface area (Å²) in [7, 11) is 0. The van der Waals surface area contributed by atoms with Gasteiger partial charge in [0.15, 0.2) is 0 Å². The molecule has 1 fully saturated rings. The van der Waals surface area contributed by atoms with E-state index in [9.17, 15) is 4.79 Å². The quantitative estimate of drug-likeness (QED) is 0.902. The average Bonchev–Trinajstić information content (AvgIpc) is 3.04. The van der Waals surface area contributed by atoms with Gasteiger partial charge >= 0.3 is 0 Å². The van der Waals surface area contributed by atoms with E-state index in [0.717, 1.165) is 23.0 Å². The van der Waals surface area contributed by atoms with Crippen LogP contribution in [0.5, 0.6) is 0 Å². The third-order valence-electron chi connectivity index (χ3n) is 2.90. The van der Waals surface area contributed by atoms with Gasteiger partial charge in [-0.1, -0.05) is 11.6 Å². The minimum Gasteiger partial charge on any atom is -0.329 e. The van der Waals surface area contributed by atoms with E-state index in [1.165, 1.54) is 0 Å². The summed E-state index contributed by atoms with van der Waals surface area (Å²) in [5.74, 6) is 0.00391. The molecule has 2 rings (SSSR count). The largest absolute Gasteiger partial charge is 0.329 e. The van der Waals surface area contributed by atoms with Crippen molar-refractivity contribution in [2.75, 3.05) is 11.9 Å². The van der Waals surface area contributed by atoms with Crippen molar-refractivity contribution < 1.29 is 4.79 Å². The molecular formula is C11H12BrClN2O. The number of benzene rings is 1. The Morgan fingerprint density at radius 1 is 1.56 bits per heavy atom. The van der Waals surface area contributed by atoms with Gasteiger partial charge in [-0.25, -0.2) is 0 Å². The highest BCUT2D eigenvalue weighted by Gasteiger charge is 2.48. The van der Waals surface area contributed by atoms with Crippen molar-refractivity contribution in [3.8, 4) is 0 Å². The molecule has 0 aliphatic heterocycles. The van der Waals surface area contributed by atoms with E-state index < -0.39 is 0 Å². The zero-order valence-corrected chi connectivity index (χ0v) is 10.9. The maximum absolute atomic E-state index is 11.9. The molecule has 1 saturated carbocycles. The van der Waals surface area contributed by atoms with Crippen LogP contribution in [-0.4, -0.2) is 12.5 Å². The number of rotatable bonds is 3. The molecule has 16 heavy (non-hydrogen) atoms. The van der Waals surface area contributed by atoms with E-state index in [0.29, 0.717) is 11.6 Å². The van der Waals surface area contributed by atoms with Crippen LogP contribution < -0.4 is 11.1 Å². The Labute approximate surface area is 107 Å². The summed E-state index contributed by atoms with van der Waals surface area (Å²) in [4.78, 5) is 11.9. The molecule has 5 heteroatoms. The fourth-order valence-electron chi connectivity index (χ4n) is 1.51. The number of amides is 1. The first-order valence-electron chi connectivity index (χ1n) is 5.04. The Morgan fingerprint density at radius 2 is 2.25 bits per heavy atom. The van der Waals surface area contributed by atoms with Gasteiger partial charge in [0.1, 0.15) is 0 Å². The van der Waals surface area contributed by atoms with Crippen LogP contribution >= 0.6 is 27.5 Å².